The second kappa shape index (κ2) is 9.40. The summed E-state index contributed by atoms with van der Waals surface area (Å²) in [5, 5.41) is 33.4. The third-order valence-electron chi connectivity index (χ3n) is 7.77. The molecule has 2 amide bonds. The number of aliphatic carboxylic acids is 1. The molecule has 6 N–H and O–H groups in total. The normalized spacial score (nSPS) is 30.4. The first-order valence-corrected chi connectivity index (χ1v) is 11.9. The lowest BCUT2D eigenvalue weighted by molar-refractivity contribution is -0.181. The standard InChI is InChI=1S/C25H27N3O10/c1-28(2)18-11-8-10-7-9-3-4-12(27-13(29)5-6-14(30)31)19(32)15(9)20(33)16(10)22(35)25(11,38)23(36)17(21(18)34)24(26)37/h3-4,10-11,16-18,32,38H,5-8H2,1-2H3,(H2,26,37)(H,27,29)(H,30,31). The number of primary amides is 1. The Morgan fingerprint density at radius 3 is 2.34 bits per heavy atom. The van der Waals surface area contributed by atoms with Gasteiger partial charge in [0.2, 0.25) is 11.8 Å². The van der Waals surface area contributed by atoms with E-state index < -0.39 is 88.4 Å². The van der Waals surface area contributed by atoms with Crippen molar-refractivity contribution in [3.63, 3.8) is 0 Å². The Bertz CT molecular complexity index is 1300. The molecule has 0 aliphatic heterocycles. The monoisotopic (exact) mass is 529 g/mol. The van der Waals surface area contributed by atoms with E-state index >= 15 is 0 Å². The van der Waals surface area contributed by atoms with Crippen molar-refractivity contribution in [2.45, 2.75) is 37.3 Å². The molecule has 202 valence electrons. The molecular formula is C25H27N3O10. The SMILES string of the molecule is CN(C)C1C(=O)C(C(N)=O)C(=O)C2(O)C(=O)C3C(=O)c4c(ccc(NC(=O)CCC(=O)O)c4O)CC3CC12. The number of hydrogen-bond donors (Lipinski definition) is 5. The lowest BCUT2D eigenvalue weighted by Gasteiger charge is -2.52. The number of carboxylic acid groups (broad SMARTS) is 1. The van der Waals surface area contributed by atoms with E-state index in [1.165, 1.54) is 31.1 Å². The second-order valence-electron chi connectivity index (χ2n) is 10.2. The molecule has 2 fully saturated rings. The highest BCUT2D eigenvalue weighted by Gasteiger charge is 2.69. The zero-order valence-electron chi connectivity index (χ0n) is 20.6. The maximum atomic E-state index is 13.7. The van der Waals surface area contributed by atoms with E-state index in [0.29, 0.717) is 5.56 Å². The number of phenols is 1. The molecule has 3 aliphatic carbocycles. The number of ketones is 4. The van der Waals surface area contributed by atoms with Crippen LogP contribution < -0.4 is 11.1 Å². The molecule has 1 aromatic carbocycles. The number of nitrogens with two attached hydrogens (primary N) is 1. The number of carbonyl (C=O) groups is 7. The molecule has 0 heterocycles. The first-order chi connectivity index (χ1) is 17.7. The summed E-state index contributed by atoms with van der Waals surface area (Å²) in [6.07, 6.45) is -0.817. The van der Waals surface area contributed by atoms with Crippen molar-refractivity contribution < 1.29 is 48.9 Å². The van der Waals surface area contributed by atoms with Crippen LogP contribution in [0.5, 0.6) is 5.75 Å². The third kappa shape index (κ3) is 3.98. The lowest BCUT2D eigenvalue weighted by atomic mass is 9.52. The van der Waals surface area contributed by atoms with Crippen LogP contribution >= 0.6 is 0 Å². The van der Waals surface area contributed by atoms with Crippen LogP contribution in [0.15, 0.2) is 12.1 Å². The molecule has 6 atom stereocenters. The number of nitrogens with zero attached hydrogens (tertiary/aromatic N) is 1. The highest BCUT2D eigenvalue weighted by Crippen LogP contribution is 2.51. The number of phenolic OH excluding ortho intramolecular Hbond substituents is 1. The first kappa shape index (κ1) is 27.1. The molecule has 0 spiro atoms. The Labute approximate surface area is 216 Å². The minimum Gasteiger partial charge on any atom is -0.505 e. The number of benzene rings is 1. The zero-order valence-corrected chi connectivity index (χ0v) is 20.6. The number of nitrogens with one attached hydrogen (secondary N) is 1. The molecule has 0 radical (unpaired) electrons. The fourth-order valence-corrected chi connectivity index (χ4v) is 6.11. The average molecular weight is 530 g/mol. The highest BCUT2D eigenvalue weighted by atomic mass is 16.4. The third-order valence-corrected chi connectivity index (χ3v) is 7.77. The number of hydrogen-bond acceptors (Lipinski definition) is 10. The van der Waals surface area contributed by atoms with Gasteiger partial charge in [-0.15, -0.1) is 0 Å². The molecule has 4 rings (SSSR count). The van der Waals surface area contributed by atoms with Crippen molar-refractivity contribution >= 4 is 46.6 Å². The number of carbonyl (C=O) groups excluding carboxylic acids is 6. The van der Waals surface area contributed by atoms with Gasteiger partial charge in [0, 0.05) is 12.3 Å². The minimum absolute atomic E-state index is 0.0711. The number of aliphatic hydroxyl groups is 1. The molecule has 13 nitrogen and oxygen atoms in total. The molecule has 38 heavy (non-hydrogen) atoms. The van der Waals surface area contributed by atoms with Crippen molar-refractivity contribution in [2.75, 3.05) is 19.4 Å². The zero-order chi connectivity index (χ0) is 28.3. The van der Waals surface area contributed by atoms with Gasteiger partial charge in [0.05, 0.1) is 29.6 Å². The number of aromatic hydroxyl groups is 1. The molecule has 3 aliphatic rings. The summed E-state index contributed by atoms with van der Waals surface area (Å²) in [6.45, 7) is 0. The van der Waals surface area contributed by atoms with Crippen LogP contribution in [0.1, 0.15) is 35.2 Å². The van der Waals surface area contributed by atoms with Crippen LogP contribution in [0.2, 0.25) is 0 Å². The number of Topliss-reactive ketones (excluding diaryl/α,β-unsaturated/α-hetero) is 4. The smallest absolute Gasteiger partial charge is 0.303 e. The van der Waals surface area contributed by atoms with Gasteiger partial charge < -0.3 is 26.4 Å². The van der Waals surface area contributed by atoms with Gasteiger partial charge in [-0.05, 0) is 44.5 Å². The maximum Gasteiger partial charge on any atom is 0.303 e. The minimum atomic E-state index is -2.82. The molecule has 0 aromatic heterocycles. The summed E-state index contributed by atoms with van der Waals surface area (Å²) < 4.78 is 0. The molecule has 2 saturated carbocycles. The molecule has 0 bridgehead atoms. The number of rotatable bonds is 6. The Morgan fingerprint density at radius 1 is 1.11 bits per heavy atom. The summed E-state index contributed by atoms with van der Waals surface area (Å²) in [6, 6.07) is 1.63. The Hall–Kier alpha value is -3.97. The molecule has 13 heteroatoms. The van der Waals surface area contributed by atoms with Gasteiger partial charge in [0.15, 0.2) is 34.7 Å². The van der Waals surface area contributed by atoms with Crippen LogP contribution in [0.3, 0.4) is 0 Å². The van der Waals surface area contributed by atoms with Crippen molar-refractivity contribution in [1.29, 1.82) is 0 Å². The average Bonchev–Trinajstić information content (AvgIpc) is 2.81. The van der Waals surface area contributed by atoms with Gasteiger partial charge in [-0.25, -0.2) is 0 Å². The van der Waals surface area contributed by atoms with Crippen LogP contribution in [-0.4, -0.2) is 86.9 Å². The first-order valence-electron chi connectivity index (χ1n) is 11.9. The number of anilines is 1. The van der Waals surface area contributed by atoms with E-state index in [9.17, 15) is 43.8 Å². The van der Waals surface area contributed by atoms with Gasteiger partial charge in [-0.3, -0.25) is 38.5 Å². The predicted molar refractivity (Wildman–Crippen MR) is 127 cm³/mol. The van der Waals surface area contributed by atoms with E-state index in [-0.39, 0.29) is 30.5 Å². The highest BCUT2D eigenvalue weighted by molar-refractivity contribution is 6.32. The topological polar surface area (TPSA) is 221 Å². The maximum absolute atomic E-state index is 13.7. The molecule has 6 unspecified atom stereocenters. The second-order valence-corrected chi connectivity index (χ2v) is 10.2. The van der Waals surface area contributed by atoms with Crippen molar-refractivity contribution in [2.24, 2.45) is 29.4 Å². The summed E-state index contributed by atoms with van der Waals surface area (Å²) in [5.41, 5.74) is 2.38. The van der Waals surface area contributed by atoms with Gasteiger partial charge in [-0.1, -0.05) is 6.07 Å². The summed E-state index contributed by atoms with van der Waals surface area (Å²) >= 11 is 0. The van der Waals surface area contributed by atoms with Crippen LogP contribution in [0.4, 0.5) is 5.69 Å². The lowest BCUT2D eigenvalue weighted by Crippen LogP contribution is -2.74. The number of likely N-dealkylation sites (N-methyl/N-ethyl adjacent to an activating group) is 1. The van der Waals surface area contributed by atoms with Crippen molar-refractivity contribution in [1.82, 2.24) is 4.90 Å². The fraction of sp³-hybridized carbons (Fsp3) is 0.480. The van der Waals surface area contributed by atoms with Crippen molar-refractivity contribution in [3.05, 3.63) is 23.3 Å². The van der Waals surface area contributed by atoms with E-state index in [2.05, 4.69) is 5.32 Å². The van der Waals surface area contributed by atoms with Crippen LogP contribution in [-0.2, 0) is 35.2 Å². The van der Waals surface area contributed by atoms with Gasteiger partial charge >= 0.3 is 5.97 Å². The van der Waals surface area contributed by atoms with Gasteiger partial charge in [-0.2, -0.15) is 0 Å². The van der Waals surface area contributed by atoms with E-state index in [1.54, 1.807) is 0 Å². The Morgan fingerprint density at radius 2 is 1.76 bits per heavy atom. The Balaban J connectivity index is 1.74. The quantitative estimate of drug-likeness (QED) is 0.214. The van der Waals surface area contributed by atoms with Gasteiger partial charge in [0.1, 0.15) is 5.75 Å². The molecule has 0 saturated heterocycles. The van der Waals surface area contributed by atoms with E-state index in [4.69, 9.17) is 10.8 Å². The summed E-state index contributed by atoms with van der Waals surface area (Å²) in [5.74, 6) is -13.6. The van der Waals surface area contributed by atoms with Gasteiger partial charge in [0.25, 0.3) is 0 Å². The summed E-state index contributed by atoms with van der Waals surface area (Å²) in [4.78, 5) is 89.8. The fourth-order valence-electron chi connectivity index (χ4n) is 6.11. The molecule has 1 aromatic rings. The van der Waals surface area contributed by atoms with Crippen LogP contribution in [0, 0.1) is 23.7 Å². The Kier molecular flexibility index (Phi) is 6.70. The van der Waals surface area contributed by atoms with E-state index in [0.717, 1.165) is 0 Å². The number of amides is 2. The van der Waals surface area contributed by atoms with Crippen LogP contribution in [0.25, 0.3) is 0 Å². The number of carboxylic acids is 1. The van der Waals surface area contributed by atoms with Crippen molar-refractivity contribution in [3.8, 4) is 5.75 Å². The summed E-state index contributed by atoms with van der Waals surface area (Å²) in [7, 11) is 3.00. The van der Waals surface area contributed by atoms with E-state index in [1.807, 2.05) is 0 Å². The molecular weight excluding hydrogens is 502 g/mol. The predicted octanol–water partition coefficient (Wildman–Crippen LogP) is -1.33. The largest absolute Gasteiger partial charge is 0.505 e. The number of fused-ring (bicyclic) bond motifs is 3.